The summed E-state index contributed by atoms with van der Waals surface area (Å²) < 4.78 is 24.6. The fourth-order valence-electron chi connectivity index (χ4n) is 23.5. The Morgan fingerprint density at radius 2 is 0.595 bits per heavy atom. The van der Waals surface area contributed by atoms with Crippen LogP contribution in [0.4, 0.5) is 0 Å². The molecule has 1 N–H and O–H groups in total. The molecule has 22 rings (SSSR count). The van der Waals surface area contributed by atoms with Gasteiger partial charge in [-0.05, 0) is 214 Å². The van der Waals surface area contributed by atoms with Crippen LogP contribution in [0.5, 0.6) is 23.0 Å². The van der Waals surface area contributed by atoms with E-state index < -0.39 is 24.2 Å². The van der Waals surface area contributed by atoms with E-state index in [1.165, 1.54) is 92.4 Å². The number of fused-ring (bicyclic) bond motifs is 4. The smallest absolute Gasteiger partial charge is 0.255 e. The SMILES string of the molecule is CC(=O)NC1CCN(Cc2ccc(COc3cccc4c3CN(C3CCC(=O)CC3=O)C4=O)cc2)CC1.C[C@@H]1CCC[C@H](C)N1Cc1ccc(COc2cccc3c2CN(C2CCC(=O)CC2=O)C3=O)cc1.O=C1CCC(N2Cc3c(OCc4ccc(CN5CCC(c6ccccc6)CC5)cc4)cccc3C2=O)C(=O)C1.O=C1CCC(N2Cc3c(OCc4ccc(CN5CCN(CC6CC6)CC5)cc4)cccc3C2=O)C(=O)C1. The first-order valence-electron chi connectivity index (χ1n) is 53.5. The third kappa shape index (κ3) is 25.3. The van der Waals surface area contributed by atoms with E-state index in [0.717, 1.165) is 129 Å². The van der Waals surface area contributed by atoms with Gasteiger partial charge in [0, 0.05) is 167 Å². The Morgan fingerprint density at radius 1 is 0.304 bits per heavy atom. The topological polar surface area (TPSA) is 300 Å². The number of nitrogens with zero attached hydrogens (tertiary/aromatic N) is 9. The highest BCUT2D eigenvalue weighted by Crippen LogP contribution is 2.42. The molecule has 13 aliphatic rings. The Labute approximate surface area is 866 Å². The molecule has 8 aliphatic heterocycles. The molecule has 27 nitrogen and oxygen atoms in total. The number of rotatable bonds is 28. The molecular formula is C121H136N10O17. The van der Waals surface area contributed by atoms with Crippen molar-refractivity contribution in [1.29, 1.82) is 0 Å². The van der Waals surface area contributed by atoms with E-state index >= 15 is 0 Å². The monoisotopic (exact) mass is 2000 g/mol. The summed E-state index contributed by atoms with van der Waals surface area (Å²) in [7, 11) is 0. The third-order valence-corrected chi connectivity index (χ3v) is 32.2. The van der Waals surface area contributed by atoms with E-state index in [-0.39, 0.29) is 108 Å². The fraction of sp³-hybridized carbons (Fsp3) is 0.446. The number of ketones is 8. The first kappa shape index (κ1) is 103. The molecule has 0 spiro atoms. The van der Waals surface area contributed by atoms with Crippen LogP contribution in [0.25, 0.3) is 0 Å². The number of likely N-dealkylation sites (tertiary alicyclic amines) is 3. The number of amides is 5. The van der Waals surface area contributed by atoms with Gasteiger partial charge in [0.15, 0.2) is 23.1 Å². The minimum Gasteiger partial charge on any atom is -0.489 e. The predicted octanol–water partition coefficient (Wildman–Crippen LogP) is 16.4. The number of piperidine rings is 3. The molecule has 0 radical (unpaired) electrons. The normalized spacial score (nSPS) is 22.2. The summed E-state index contributed by atoms with van der Waals surface area (Å²) in [5, 5.41) is 3.01. The second-order valence-electron chi connectivity index (χ2n) is 42.8. The van der Waals surface area contributed by atoms with Crippen LogP contribution in [0.1, 0.15) is 275 Å². The van der Waals surface area contributed by atoms with E-state index in [1.807, 2.05) is 42.5 Å². The molecule has 148 heavy (non-hydrogen) atoms. The Bertz CT molecular complexity index is 6390. The van der Waals surface area contributed by atoms with Crippen LogP contribution >= 0.6 is 0 Å². The molecule has 9 aromatic carbocycles. The summed E-state index contributed by atoms with van der Waals surface area (Å²) in [6, 6.07) is 66.4. The second kappa shape index (κ2) is 47.5. The minimum atomic E-state index is -0.533. The molecule has 5 saturated carbocycles. The maximum atomic E-state index is 13.1. The highest BCUT2D eigenvalue weighted by molar-refractivity contribution is 6.11. The van der Waals surface area contributed by atoms with Crippen LogP contribution in [0.3, 0.4) is 0 Å². The third-order valence-electron chi connectivity index (χ3n) is 32.2. The summed E-state index contributed by atoms with van der Waals surface area (Å²) in [5.74, 6) is 2.94. The summed E-state index contributed by atoms with van der Waals surface area (Å²) in [6.07, 6.45) is 13.8. The number of carbonyl (C=O) groups excluding carboxylic acids is 13. The average molecular weight is 2000 g/mol. The molecule has 4 unspecified atom stereocenters. The van der Waals surface area contributed by atoms with E-state index in [2.05, 4.69) is 171 Å². The number of hydrogen-bond acceptors (Lipinski definition) is 22. The number of hydrogen-bond donors (Lipinski definition) is 1. The van der Waals surface area contributed by atoms with Gasteiger partial charge in [-0.15, -0.1) is 0 Å². The van der Waals surface area contributed by atoms with Crippen LogP contribution in [0.2, 0.25) is 0 Å². The van der Waals surface area contributed by atoms with Crippen molar-refractivity contribution in [1.82, 2.24) is 49.4 Å². The molecule has 4 saturated heterocycles. The van der Waals surface area contributed by atoms with Gasteiger partial charge in [-0.2, -0.15) is 0 Å². The van der Waals surface area contributed by atoms with Crippen molar-refractivity contribution in [2.75, 3.05) is 58.9 Å². The van der Waals surface area contributed by atoms with Gasteiger partial charge in [0.25, 0.3) is 23.6 Å². The van der Waals surface area contributed by atoms with Gasteiger partial charge in [-0.1, -0.05) is 158 Å². The van der Waals surface area contributed by atoms with Gasteiger partial charge < -0.3 is 48.8 Å². The minimum absolute atomic E-state index is 0.0353. The summed E-state index contributed by atoms with van der Waals surface area (Å²) >= 11 is 0. The van der Waals surface area contributed by atoms with Crippen LogP contribution in [-0.4, -0.2) is 221 Å². The maximum Gasteiger partial charge on any atom is 0.255 e. The Balaban J connectivity index is 0.000000124. The zero-order valence-corrected chi connectivity index (χ0v) is 85.4. The molecule has 9 fully saturated rings. The molecule has 27 heteroatoms. The lowest BCUT2D eigenvalue weighted by molar-refractivity contribution is -0.134. The van der Waals surface area contributed by atoms with Gasteiger partial charge in [0.2, 0.25) is 5.91 Å². The van der Waals surface area contributed by atoms with Gasteiger partial charge in [-0.3, -0.25) is 81.9 Å². The Morgan fingerprint density at radius 3 is 0.899 bits per heavy atom. The highest BCUT2D eigenvalue weighted by Gasteiger charge is 2.46. The van der Waals surface area contributed by atoms with Gasteiger partial charge >= 0.3 is 0 Å². The Kier molecular flexibility index (Phi) is 33.1. The first-order chi connectivity index (χ1) is 71.8. The summed E-state index contributed by atoms with van der Waals surface area (Å²) in [4.78, 5) is 179. The van der Waals surface area contributed by atoms with Crippen LogP contribution < -0.4 is 24.3 Å². The van der Waals surface area contributed by atoms with E-state index in [0.29, 0.717) is 167 Å². The van der Waals surface area contributed by atoms with Crippen molar-refractivity contribution < 1.29 is 81.3 Å². The van der Waals surface area contributed by atoms with Gasteiger partial charge in [-0.25, -0.2) is 0 Å². The van der Waals surface area contributed by atoms with Crippen LogP contribution in [0, 0.1) is 5.92 Å². The predicted molar refractivity (Wildman–Crippen MR) is 558 cm³/mol. The van der Waals surface area contributed by atoms with Crippen molar-refractivity contribution in [2.24, 2.45) is 5.92 Å². The van der Waals surface area contributed by atoms with E-state index in [4.69, 9.17) is 18.9 Å². The Hall–Kier alpha value is -13.3. The molecule has 9 aromatic rings. The molecule has 8 heterocycles. The van der Waals surface area contributed by atoms with E-state index in [1.54, 1.807) is 56.9 Å². The van der Waals surface area contributed by atoms with Gasteiger partial charge in [0.1, 0.15) is 72.6 Å². The number of Topliss-reactive ketones (excluding diaryl/α,β-unsaturated/α-hetero) is 8. The lowest BCUT2D eigenvalue weighted by Crippen LogP contribution is -2.46. The number of ether oxygens (including phenoxy) is 4. The van der Waals surface area contributed by atoms with Crippen molar-refractivity contribution >= 4 is 75.8 Å². The van der Waals surface area contributed by atoms with Crippen LogP contribution in [-0.2, 0) is 122 Å². The quantitative estimate of drug-likeness (QED) is 0.0445. The summed E-state index contributed by atoms with van der Waals surface area (Å²) in [6.45, 7) is 23.1. The molecule has 0 aromatic heterocycles. The highest BCUT2D eigenvalue weighted by atomic mass is 16.5. The van der Waals surface area contributed by atoms with Crippen molar-refractivity contribution in [3.05, 3.63) is 295 Å². The lowest BCUT2D eigenvalue weighted by atomic mass is 9.89. The number of benzene rings is 9. The second-order valence-corrected chi connectivity index (χ2v) is 42.8. The summed E-state index contributed by atoms with van der Waals surface area (Å²) in [5.41, 5.74) is 16.5. The standard InChI is InChI=1S/C33H34N2O4.C30H35N3O4.C29H33N3O5.C29H34N2O4/c36-27-13-14-30(31(37)19-27)35-21-29-28(33(35)38)7-4-8-32(29)39-22-24-11-9-23(10-12-24)20-34-17-15-26(16-18-34)25-5-2-1-3-6-25;34-24-10-11-27(28(35)16-24)33-19-26-25(30(33)36)2-1-3-29(26)37-20-23-8-6-22(7-9-23)18-32-14-12-31(13-15-32)17-21-4-5-21;1-19(33)30-22-11-13-31(14-12-22)16-20-5-7-21(8-6-20)18-37-28-4-2-3-24-25(28)17-32(29(24)36)26-10-9-23(34)15-27(26)35;1-19-5-3-6-20(2)30(19)16-21-9-11-22(12-10-21)18-35-28-8-4-7-24-25(28)17-31(29(24)34)26-14-13-23(32)15-27(26)33/h1-12,26,30H,13-22H2;1-3,6-9,21,27H,4-5,10-20H2;2-8,22,26H,9-18H2,1H3,(H,30,33);4,7-12,19-20,26H,3,5-6,13-18H2,1-2H3/t;;;19-,20+,26?. The zero-order chi connectivity index (χ0) is 103. The molecule has 6 atom stereocenters. The lowest BCUT2D eigenvalue weighted by Gasteiger charge is -2.39. The largest absolute Gasteiger partial charge is 0.489 e. The van der Waals surface area contributed by atoms with Crippen molar-refractivity contribution in [3.8, 4) is 23.0 Å². The number of nitrogens with one attached hydrogen (secondary N) is 1. The maximum absolute atomic E-state index is 13.1. The average Bonchev–Trinajstić information content (AvgIpc) is 1.63. The molecule has 5 aliphatic carbocycles. The van der Waals surface area contributed by atoms with E-state index in [9.17, 15) is 62.3 Å². The molecule has 0 bridgehead atoms. The fourth-order valence-corrected chi connectivity index (χ4v) is 23.5. The molecule has 772 valence electrons. The number of piperazine rings is 1. The van der Waals surface area contributed by atoms with Crippen molar-refractivity contribution in [2.45, 2.75) is 283 Å². The molecular weight excluding hydrogens is 1870 g/mol. The first-order valence-corrected chi connectivity index (χ1v) is 53.5. The molecule has 5 amide bonds. The van der Waals surface area contributed by atoms with Crippen LogP contribution in [0.15, 0.2) is 200 Å². The number of carbonyl (C=O) groups is 13. The zero-order valence-electron chi connectivity index (χ0n) is 85.4. The van der Waals surface area contributed by atoms with Crippen molar-refractivity contribution in [3.63, 3.8) is 0 Å². The van der Waals surface area contributed by atoms with Gasteiger partial charge in [0.05, 0.1) is 76.0 Å².